The van der Waals surface area contributed by atoms with E-state index in [1.807, 2.05) is 0 Å². The summed E-state index contributed by atoms with van der Waals surface area (Å²) < 4.78 is 51.5. The predicted molar refractivity (Wildman–Crippen MR) is 129 cm³/mol. The van der Waals surface area contributed by atoms with Crippen LogP contribution >= 0.6 is 0 Å². The molecule has 0 saturated carbocycles. The Morgan fingerprint density at radius 3 is 2.42 bits per heavy atom. The highest BCUT2D eigenvalue weighted by atomic mass is 19.4. The largest absolute Gasteiger partial charge is 0.573 e. The summed E-state index contributed by atoms with van der Waals surface area (Å²) in [5.41, 5.74) is 0.194. The van der Waals surface area contributed by atoms with E-state index in [1.54, 1.807) is 18.0 Å². The molecule has 0 N–H and O–H groups in total. The summed E-state index contributed by atoms with van der Waals surface area (Å²) in [6.45, 7) is 5.13. The molecule has 1 aromatic carbocycles. The quantitative estimate of drug-likeness (QED) is 0.489. The van der Waals surface area contributed by atoms with E-state index in [1.165, 1.54) is 42.4 Å². The van der Waals surface area contributed by atoms with Gasteiger partial charge in [0.2, 0.25) is 0 Å². The third-order valence-electron chi connectivity index (χ3n) is 6.79. The van der Waals surface area contributed by atoms with E-state index in [2.05, 4.69) is 23.6 Å². The molecule has 2 aromatic heterocycles. The molecular formula is C26H28F3N3O4. The number of hydrogen-bond donors (Lipinski definition) is 0. The second kappa shape index (κ2) is 9.83. The van der Waals surface area contributed by atoms with Gasteiger partial charge in [0.25, 0.3) is 11.5 Å². The molecule has 1 saturated heterocycles. The van der Waals surface area contributed by atoms with Gasteiger partial charge in [-0.25, -0.2) is 0 Å². The van der Waals surface area contributed by atoms with Gasteiger partial charge in [0.15, 0.2) is 0 Å². The summed E-state index contributed by atoms with van der Waals surface area (Å²) in [5, 5.41) is 0.811. The van der Waals surface area contributed by atoms with E-state index in [4.69, 9.17) is 4.74 Å². The van der Waals surface area contributed by atoms with Crippen LogP contribution in [0.2, 0.25) is 0 Å². The maximum atomic E-state index is 13.5. The van der Waals surface area contributed by atoms with Crippen LogP contribution in [0, 0.1) is 11.8 Å². The Kier molecular flexibility index (Phi) is 6.97. The van der Waals surface area contributed by atoms with E-state index in [0.717, 1.165) is 12.8 Å². The molecule has 36 heavy (non-hydrogen) atoms. The fourth-order valence-electron chi connectivity index (χ4n) is 4.79. The molecule has 0 unspecified atom stereocenters. The number of aryl methyl sites for hydroxylation is 1. The van der Waals surface area contributed by atoms with Gasteiger partial charge >= 0.3 is 6.36 Å². The Morgan fingerprint density at radius 1 is 1.14 bits per heavy atom. The third kappa shape index (κ3) is 5.03. The van der Waals surface area contributed by atoms with Crippen molar-refractivity contribution in [3.8, 4) is 22.6 Å². The van der Waals surface area contributed by atoms with Crippen LogP contribution in [0.1, 0.15) is 37.0 Å². The Morgan fingerprint density at radius 2 is 1.81 bits per heavy atom. The number of aromatic nitrogens is 2. The molecule has 1 amide bonds. The van der Waals surface area contributed by atoms with Crippen LogP contribution in [0.15, 0.2) is 41.6 Å². The minimum absolute atomic E-state index is 0.0428. The number of nitrogens with zero attached hydrogens (tertiary/aromatic N) is 3. The molecule has 4 rings (SSSR count). The monoisotopic (exact) mass is 503 g/mol. The first-order valence-corrected chi connectivity index (χ1v) is 11.7. The van der Waals surface area contributed by atoms with Crippen molar-refractivity contribution in [3.05, 3.63) is 52.7 Å². The number of carbonyl (C=O) groups excluding carboxylic acids is 1. The van der Waals surface area contributed by atoms with Crippen LogP contribution in [-0.4, -0.2) is 46.9 Å². The van der Waals surface area contributed by atoms with Gasteiger partial charge in [-0.05, 0) is 53.8 Å². The van der Waals surface area contributed by atoms with E-state index < -0.39 is 18.0 Å². The van der Waals surface area contributed by atoms with Crippen LogP contribution in [0.25, 0.3) is 21.9 Å². The number of piperidine rings is 1. The van der Waals surface area contributed by atoms with Crippen LogP contribution in [0.3, 0.4) is 0 Å². The number of fused-ring (bicyclic) bond motifs is 1. The van der Waals surface area contributed by atoms with Crippen molar-refractivity contribution >= 4 is 16.7 Å². The summed E-state index contributed by atoms with van der Waals surface area (Å²) in [7, 11) is 2.84. The van der Waals surface area contributed by atoms with Gasteiger partial charge in [-0.1, -0.05) is 13.8 Å². The molecule has 3 aromatic rings. The third-order valence-corrected chi connectivity index (χ3v) is 6.79. The van der Waals surface area contributed by atoms with E-state index in [9.17, 15) is 22.8 Å². The number of ether oxygens (including phenoxy) is 2. The maximum Gasteiger partial charge on any atom is 0.573 e. The van der Waals surface area contributed by atoms with Crippen molar-refractivity contribution in [1.82, 2.24) is 14.5 Å². The zero-order valence-corrected chi connectivity index (χ0v) is 20.6. The smallest absolute Gasteiger partial charge is 0.496 e. The average Bonchev–Trinajstić information content (AvgIpc) is 2.84. The number of likely N-dealkylation sites (tertiary alicyclic amines) is 1. The lowest BCUT2D eigenvalue weighted by Crippen LogP contribution is -2.40. The molecule has 1 aliphatic rings. The summed E-state index contributed by atoms with van der Waals surface area (Å²) in [6, 6.07) is 4.28. The molecule has 0 atom stereocenters. The van der Waals surface area contributed by atoms with E-state index >= 15 is 0 Å². The Labute approximate surface area is 206 Å². The highest BCUT2D eigenvalue weighted by Gasteiger charge is 2.36. The number of methoxy groups -OCH3 is 1. The maximum absolute atomic E-state index is 13.5. The van der Waals surface area contributed by atoms with Crippen molar-refractivity contribution in [1.29, 1.82) is 0 Å². The molecule has 10 heteroatoms. The van der Waals surface area contributed by atoms with Crippen molar-refractivity contribution in [2.24, 2.45) is 18.9 Å². The molecule has 0 bridgehead atoms. The van der Waals surface area contributed by atoms with E-state index in [-0.39, 0.29) is 16.9 Å². The number of carbonyl (C=O) groups is 1. The van der Waals surface area contributed by atoms with Gasteiger partial charge in [0.1, 0.15) is 17.1 Å². The molecule has 192 valence electrons. The van der Waals surface area contributed by atoms with E-state index in [0.29, 0.717) is 46.8 Å². The number of hydrogen-bond acceptors (Lipinski definition) is 5. The average molecular weight is 504 g/mol. The molecule has 7 nitrogen and oxygen atoms in total. The van der Waals surface area contributed by atoms with Crippen LogP contribution < -0.4 is 15.0 Å². The lowest BCUT2D eigenvalue weighted by Gasteiger charge is -2.34. The molecule has 1 fully saturated rings. The summed E-state index contributed by atoms with van der Waals surface area (Å²) in [6.07, 6.45) is 0.945. The topological polar surface area (TPSA) is 73.7 Å². The first-order valence-electron chi connectivity index (χ1n) is 11.7. The minimum Gasteiger partial charge on any atom is -0.496 e. The van der Waals surface area contributed by atoms with Crippen molar-refractivity contribution in [3.63, 3.8) is 0 Å². The summed E-state index contributed by atoms with van der Waals surface area (Å²) >= 11 is 0. The fraction of sp³-hybridized carbons (Fsp3) is 0.423. The Hall–Kier alpha value is -3.56. The predicted octanol–water partition coefficient (Wildman–Crippen LogP) is 5.02. The standard InChI is InChI=1S/C26H28F3N3O4/c1-15(2)16-6-9-32(10-7-16)25(34)23-21(35-4)11-17(12-22(23)36-26(27,28)29)20-14-31(3)24(33)19-13-30-8-5-18(19)20/h5,8,11-16H,6-7,9-10H2,1-4H3. The number of pyridine rings is 2. The lowest BCUT2D eigenvalue weighted by molar-refractivity contribution is -0.274. The van der Waals surface area contributed by atoms with Gasteiger partial charge in [-0.15, -0.1) is 13.2 Å². The van der Waals surface area contributed by atoms with Crippen molar-refractivity contribution < 1.29 is 27.4 Å². The second-order valence-corrected chi connectivity index (χ2v) is 9.35. The lowest BCUT2D eigenvalue weighted by atomic mass is 9.86. The minimum atomic E-state index is -5.03. The molecule has 3 heterocycles. The summed E-state index contributed by atoms with van der Waals surface area (Å²) in [4.78, 5) is 31.6. The first kappa shape index (κ1) is 25.5. The summed E-state index contributed by atoms with van der Waals surface area (Å²) in [5.74, 6) is -0.346. The van der Waals surface area contributed by atoms with Gasteiger partial charge in [0.05, 0.1) is 12.5 Å². The molecule has 0 radical (unpaired) electrons. The normalized spacial score (nSPS) is 14.9. The van der Waals surface area contributed by atoms with Crippen LogP contribution in [-0.2, 0) is 7.05 Å². The number of benzene rings is 1. The van der Waals surface area contributed by atoms with Crippen molar-refractivity contribution in [2.45, 2.75) is 33.1 Å². The van der Waals surface area contributed by atoms with Gasteiger partial charge in [0, 0.05) is 44.3 Å². The number of rotatable bonds is 5. The molecular weight excluding hydrogens is 475 g/mol. The number of amides is 1. The Balaban J connectivity index is 1.85. The van der Waals surface area contributed by atoms with Crippen LogP contribution in [0.4, 0.5) is 13.2 Å². The zero-order chi connectivity index (χ0) is 26.2. The highest BCUT2D eigenvalue weighted by molar-refractivity contribution is 6.02. The Bertz CT molecular complexity index is 1340. The van der Waals surface area contributed by atoms with Gasteiger partial charge < -0.3 is 18.9 Å². The second-order valence-electron chi connectivity index (χ2n) is 9.35. The SMILES string of the molecule is COc1cc(-c2cn(C)c(=O)c3cnccc23)cc(OC(F)(F)F)c1C(=O)N1CCC(C(C)C)CC1. The zero-order valence-electron chi connectivity index (χ0n) is 20.6. The van der Waals surface area contributed by atoms with Gasteiger partial charge in [-0.2, -0.15) is 0 Å². The van der Waals surface area contributed by atoms with Crippen molar-refractivity contribution in [2.75, 3.05) is 20.2 Å². The molecule has 0 spiro atoms. The number of alkyl halides is 3. The van der Waals surface area contributed by atoms with Gasteiger partial charge in [-0.3, -0.25) is 14.6 Å². The molecule has 1 aliphatic heterocycles. The first-order chi connectivity index (χ1) is 17.0. The fourth-order valence-corrected chi connectivity index (χ4v) is 4.79. The molecule has 0 aliphatic carbocycles. The van der Waals surface area contributed by atoms with Crippen LogP contribution in [0.5, 0.6) is 11.5 Å². The number of halogens is 3. The highest BCUT2D eigenvalue weighted by Crippen LogP contribution is 2.40.